The summed E-state index contributed by atoms with van der Waals surface area (Å²) in [5.74, 6) is -2.26. The minimum absolute atomic E-state index is 0.220. The van der Waals surface area contributed by atoms with Crippen molar-refractivity contribution >= 4 is 41.3 Å². The van der Waals surface area contributed by atoms with Crippen molar-refractivity contribution in [1.82, 2.24) is 5.43 Å². The lowest BCUT2D eigenvalue weighted by Gasteiger charge is -2.07. The van der Waals surface area contributed by atoms with Crippen LogP contribution in [0.5, 0.6) is 5.75 Å². The smallest absolute Gasteiger partial charge is 0.343 e. The first kappa shape index (κ1) is 23.2. The maximum Gasteiger partial charge on any atom is 0.343 e. The van der Waals surface area contributed by atoms with Crippen molar-refractivity contribution in [2.24, 2.45) is 5.10 Å². The number of rotatable bonds is 6. The summed E-state index contributed by atoms with van der Waals surface area (Å²) in [5.41, 5.74) is 4.04. The fourth-order valence-electron chi connectivity index (χ4n) is 2.62. The lowest BCUT2D eigenvalue weighted by atomic mass is 10.1. The number of benzene rings is 3. The van der Waals surface area contributed by atoms with E-state index in [1.165, 1.54) is 18.3 Å². The van der Waals surface area contributed by atoms with Gasteiger partial charge in [0.15, 0.2) is 0 Å². The molecule has 2 N–H and O–H groups in total. The molecule has 0 aliphatic rings. The number of esters is 1. The highest BCUT2D eigenvalue weighted by Crippen LogP contribution is 2.18. The van der Waals surface area contributed by atoms with Crippen molar-refractivity contribution in [2.45, 2.75) is 6.42 Å². The summed E-state index contributed by atoms with van der Waals surface area (Å²) in [6.45, 7) is 0. The molecule has 3 aromatic rings. The van der Waals surface area contributed by atoms with Gasteiger partial charge in [-0.15, -0.1) is 0 Å². The Morgan fingerprint density at radius 3 is 2.36 bits per heavy atom. The first-order chi connectivity index (χ1) is 16.0. The minimum Gasteiger partial charge on any atom is -0.422 e. The van der Waals surface area contributed by atoms with Crippen LogP contribution in [0.25, 0.3) is 0 Å². The SMILES string of the molecule is N#CCc1ccc(NC(=O)C(=O)N/N=C/c2ccccc2OC(=O)c2ccc(Cl)cc2)cc1. The van der Waals surface area contributed by atoms with Crippen LogP contribution in [0.4, 0.5) is 5.69 Å². The Hall–Kier alpha value is -4.48. The van der Waals surface area contributed by atoms with E-state index >= 15 is 0 Å². The van der Waals surface area contributed by atoms with E-state index in [1.807, 2.05) is 6.07 Å². The monoisotopic (exact) mass is 460 g/mol. The van der Waals surface area contributed by atoms with Crippen LogP contribution in [0.1, 0.15) is 21.5 Å². The fraction of sp³-hybridized carbons (Fsp3) is 0.0417. The third kappa shape index (κ3) is 6.75. The van der Waals surface area contributed by atoms with Crippen LogP contribution >= 0.6 is 11.6 Å². The molecule has 9 heteroatoms. The summed E-state index contributed by atoms with van der Waals surface area (Å²) in [5, 5.41) is 15.4. The molecule has 3 rings (SSSR count). The Morgan fingerprint density at radius 2 is 1.67 bits per heavy atom. The van der Waals surface area contributed by atoms with Gasteiger partial charge in [-0.2, -0.15) is 10.4 Å². The standard InChI is InChI=1S/C24H17ClN4O4/c25-19-9-7-17(8-10-19)24(32)33-21-4-2-1-3-18(21)15-27-29-23(31)22(30)28-20-11-5-16(6-12-20)13-14-26/h1-12,15H,13H2,(H,28,30)(H,29,31)/b27-15+. The van der Waals surface area contributed by atoms with Gasteiger partial charge < -0.3 is 10.1 Å². The predicted octanol–water partition coefficient (Wildman–Crippen LogP) is 3.71. The number of hydrogen-bond donors (Lipinski definition) is 2. The maximum absolute atomic E-state index is 12.3. The van der Waals surface area contributed by atoms with Crippen LogP contribution in [-0.4, -0.2) is 24.0 Å². The number of para-hydroxylation sites is 1. The van der Waals surface area contributed by atoms with Crippen LogP contribution in [0.3, 0.4) is 0 Å². The van der Waals surface area contributed by atoms with Gasteiger partial charge in [-0.25, -0.2) is 10.2 Å². The van der Waals surface area contributed by atoms with Crippen molar-refractivity contribution in [3.8, 4) is 11.8 Å². The first-order valence-electron chi connectivity index (χ1n) is 9.63. The number of nitrogens with one attached hydrogen (secondary N) is 2. The van der Waals surface area contributed by atoms with E-state index < -0.39 is 17.8 Å². The summed E-state index contributed by atoms with van der Waals surface area (Å²) in [6.07, 6.45) is 1.51. The van der Waals surface area contributed by atoms with E-state index in [1.54, 1.807) is 60.7 Å². The summed E-state index contributed by atoms with van der Waals surface area (Å²) in [4.78, 5) is 36.4. The van der Waals surface area contributed by atoms with E-state index in [2.05, 4.69) is 15.8 Å². The highest BCUT2D eigenvalue weighted by atomic mass is 35.5. The molecule has 33 heavy (non-hydrogen) atoms. The van der Waals surface area contributed by atoms with Crippen molar-refractivity contribution in [1.29, 1.82) is 5.26 Å². The van der Waals surface area contributed by atoms with Crippen LogP contribution in [0.15, 0.2) is 77.9 Å². The average Bonchev–Trinajstić information content (AvgIpc) is 2.82. The molecule has 0 unspecified atom stereocenters. The molecule has 164 valence electrons. The number of anilines is 1. The van der Waals surface area contributed by atoms with Crippen molar-refractivity contribution in [3.05, 3.63) is 94.5 Å². The van der Waals surface area contributed by atoms with Gasteiger partial charge in [0.2, 0.25) is 0 Å². The molecule has 0 heterocycles. The highest BCUT2D eigenvalue weighted by molar-refractivity contribution is 6.39. The van der Waals surface area contributed by atoms with Crippen LogP contribution in [-0.2, 0) is 16.0 Å². The molecule has 8 nitrogen and oxygen atoms in total. The Morgan fingerprint density at radius 1 is 0.970 bits per heavy atom. The topological polar surface area (TPSA) is 121 Å². The van der Waals surface area contributed by atoms with Gasteiger partial charge >= 0.3 is 17.8 Å². The number of nitrogens with zero attached hydrogens (tertiary/aromatic N) is 2. The molecular formula is C24H17ClN4O4. The number of halogens is 1. The molecule has 0 spiro atoms. The van der Waals surface area contributed by atoms with Gasteiger partial charge in [-0.3, -0.25) is 9.59 Å². The second-order valence-electron chi connectivity index (χ2n) is 6.62. The maximum atomic E-state index is 12.3. The van der Waals surface area contributed by atoms with E-state index in [9.17, 15) is 14.4 Å². The number of hydrogen-bond acceptors (Lipinski definition) is 6. The Labute approximate surface area is 194 Å². The molecule has 0 aromatic heterocycles. The van der Waals surface area contributed by atoms with Crippen molar-refractivity contribution < 1.29 is 19.1 Å². The number of carbonyl (C=O) groups is 3. The molecule has 0 saturated heterocycles. The Balaban J connectivity index is 1.59. The zero-order valence-corrected chi connectivity index (χ0v) is 17.9. The molecule has 0 aliphatic carbocycles. The highest BCUT2D eigenvalue weighted by Gasteiger charge is 2.14. The summed E-state index contributed by atoms with van der Waals surface area (Å²) < 4.78 is 5.40. The van der Waals surface area contributed by atoms with Gasteiger partial charge in [-0.05, 0) is 54.1 Å². The number of hydrazone groups is 1. The largest absolute Gasteiger partial charge is 0.422 e. The normalized spacial score (nSPS) is 10.3. The van der Waals surface area contributed by atoms with Crippen molar-refractivity contribution in [2.75, 3.05) is 5.32 Å². The summed E-state index contributed by atoms with van der Waals surface area (Å²) in [7, 11) is 0. The molecule has 0 saturated carbocycles. The van der Waals surface area contributed by atoms with Crippen molar-refractivity contribution in [3.63, 3.8) is 0 Å². The van der Waals surface area contributed by atoms with E-state index in [4.69, 9.17) is 21.6 Å². The first-order valence-corrected chi connectivity index (χ1v) is 10.0. The molecule has 0 fully saturated rings. The zero-order chi connectivity index (χ0) is 23.6. The molecule has 3 aromatic carbocycles. The van der Waals surface area contributed by atoms with E-state index in [0.29, 0.717) is 21.8 Å². The quantitative estimate of drug-likeness (QED) is 0.191. The molecule has 2 amide bonds. The molecule has 0 radical (unpaired) electrons. The third-order valence-corrected chi connectivity index (χ3v) is 4.52. The van der Waals surface area contributed by atoms with Gasteiger partial charge in [0.25, 0.3) is 0 Å². The zero-order valence-electron chi connectivity index (χ0n) is 17.1. The van der Waals surface area contributed by atoms with Gasteiger partial charge in [0.1, 0.15) is 5.75 Å². The third-order valence-electron chi connectivity index (χ3n) is 4.27. The fourth-order valence-corrected chi connectivity index (χ4v) is 2.75. The molecular weight excluding hydrogens is 444 g/mol. The number of carbonyl (C=O) groups excluding carboxylic acids is 3. The molecule has 0 bridgehead atoms. The van der Waals surface area contributed by atoms with E-state index in [0.717, 1.165) is 5.56 Å². The Bertz CT molecular complexity index is 1230. The molecule has 0 atom stereocenters. The number of nitriles is 1. The summed E-state index contributed by atoms with van der Waals surface area (Å²) in [6, 6.07) is 21.4. The minimum atomic E-state index is -0.983. The second kappa shape index (κ2) is 11.2. The number of ether oxygens (including phenoxy) is 1. The molecule has 0 aliphatic heterocycles. The van der Waals surface area contributed by atoms with E-state index in [-0.39, 0.29) is 12.2 Å². The predicted molar refractivity (Wildman–Crippen MR) is 123 cm³/mol. The van der Waals surface area contributed by atoms with Crippen LogP contribution in [0.2, 0.25) is 5.02 Å². The second-order valence-corrected chi connectivity index (χ2v) is 7.06. The lowest BCUT2D eigenvalue weighted by molar-refractivity contribution is -0.136. The van der Waals surface area contributed by atoms with Gasteiger partial charge in [0, 0.05) is 16.3 Å². The number of amides is 2. The van der Waals surface area contributed by atoms with Crippen LogP contribution in [0, 0.1) is 11.3 Å². The average molecular weight is 461 g/mol. The Kier molecular flexibility index (Phi) is 7.89. The van der Waals surface area contributed by atoms with Gasteiger partial charge in [-0.1, -0.05) is 35.9 Å². The lowest BCUT2D eigenvalue weighted by Crippen LogP contribution is -2.32. The van der Waals surface area contributed by atoms with Gasteiger partial charge in [0.05, 0.1) is 24.3 Å². The summed E-state index contributed by atoms with van der Waals surface area (Å²) >= 11 is 5.83. The van der Waals surface area contributed by atoms with Crippen LogP contribution < -0.4 is 15.5 Å².